The molecule has 1 fully saturated rings. The van der Waals surface area contributed by atoms with Gasteiger partial charge in [-0.1, -0.05) is 0 Å². The first-order chi connectivity index (χ1) is 9.13. The molecule has 19 heavy (non-hydrogen) atoms. The Morgan fingerprint density at radius 3 is 3.00 bits per heavy atom. The van der Waals surface area contributed by atoms with Gasteiger partial charge in [0.05, 0.1) is 17.5 Å². The SMILES string of the molecule is Nc1cc2c(cc1N1CCCC(O)C1)CCC(=O)N2. The van der Waals surface area contributed by atoms with Crippen LogP contribution in [0.2, 0.25) is 0 Å². The first-order valence-electron chi connectivity index (χ1n) is 6.79. The molecule has 1 aromatic carbocycles. The zero-order valence-corrected chi connectivity index (χ0v) is 10.9. The number of fused-ring (bicyclic) bond motifs is 1. The zero-order valence-electron chi connectivity index (χ0n) is 10.9. The van der Waals surface area contributed by atoms with Crippen molar-refractivity contribution in [3.63, 3.8) is 0 Å². The molecule has 2 aliphatic rings. The molecule has 5 heteroatoms. The molecular formula is C14H19N3O2. The highest BCUT2D eigenvalue weighted by Crippen LogP contribution is 2.34. The van der Waals surface area contributed by atoms with Crippen LogP contribution in [0.5, 0.6) is 0 Å². The van der Waals surface area contributed by atoms with Crippen molar-refractivity contribution in [2.75, 3.05) is 29.0 Å². The largest absolute Gasteiger partial charge is 0.397 e. The summed E-state index contributed by atoms with van der Waals surface area (Å²) in [6.45, 7) is 1.56. The first kappa shape index (κ1) is 12.3. The minimum atomic E-state index is -0.274. The van der Waals surface area contributed by atoms with Crippen LogP contribution in [0.1, 0.15) is 24.8 Å². The van der Waals surface area contributed by atoms with Gasteiger partial charge in [0, 0.05) is 25.2 Å². The van der Waals surface area contributed by atoms with Gasteiger partial charge in [-0.25, -0.2) is 0 Å². The lowest BCUT2D eigenvalue weighted by Gasteiger charge is -2.33. The Morgan fingerprint density at radius 1 is 1.37 bits per heavy atom. The van der Waals surface area contributed by atoms with Gasteiger partial charge in [0.1, 0.15) is 0 Å². The number of anilines is 3. The second-order valence-corrected chi connectivity index (χ2v) is 5.36. The van der Waals surface area contributed by atoms with Crippen LogP contribution in [-0.2, 0) is 11.2 Å². The molecule has 0 aliphatic carbocycles. The van der Waals surface area contributed by atoms with Crippen LogP contribution in [0, 0.1) is 0 Å². The van der Waals surface area contributed by atoms with Gasteiger partial charge in [-0.3, -0.25) is 4.79 Å². The molecule has 0 spiro atoms. The number of carbonyl (C=O) groups excluding carboxylic acids is 1. The average molecular weight is 261 g/mol. The maximum absolute atomic E-state index is 11.4. The van der Waals surface area contributed by atoms with Gasteiger partial charge in [-0.05, 0) is 37.0 Å². The summed E-state index contributed by atoms with van der Waals surface area (Å²) in [7, 11) is 0. The number of nitrogens with zero attached hydrogens (tertiary/aromatic N) is 1. The van der Waals surface area contributed by atoms with Gasteiger partial charge in [0.15, 0.2) is 0 Å². The second kappa shape index (κ2) is 4.74. The van der Waals surface area contributed by atoms with Gasteiger partial charge < -0.3 is 21.1 Å². The summed E-state index contributed by atoms with van der Waals surface area (Å²) in [4.78, 5) is 13.5. The lowest BCUT2D eigenvalue weighted by atomic mass is 9.99. The molecule has 5 nitrogen and oxygen atoms in total. The van der Waals surface area contributed by atoms with Crippen molar-refractivity contribution in [2.24, 2.45) is 0 Å². The predicted molar refractivity (Wildman–Crippen MR) is 75.3 cm³/mol. The average Bonchev–Trinajstić information content (AvgIpc) is 2.37. The van der Waals surface area contributed by atoms with E-state index in [1.54, 1.807) is 0 Å². The Bertz CT molecular complexity index is 516. The number of hydrogen-bond acceptors (Lipinski definition) is 4. The summed E-state index contributed by atoms with van der Waals surface area (Å²) in [5.41, 5.74) is 9.69. The van der Waals surface area contributed by atoms with Gasteiger partial charge in [0.25, 0.3) is 0 Å². The van der Waals surface area contributed by atoms with Crippen molar-refractivity contribution in [3.05, 3.63) is 17.7 Å². The Kier molecular flexibility index (Phi) is 3.06. The molecule has 0 radical (unpaired) electrons. The molecule has 1 unspecified atom stereocenters. The molecule has 0 bridgehead atoms. The van der Waals surface area contributed by atoms with Gasteiger partial charge >= 0.3 is 0 Å². The van der Waals surface area contributed by atoms with Crippen LogP contribution in [-0.4, -0.2) is 30.2 Å². The number of hydrogen-bond donors (Lipinski definition) is 3. The number of aliphatic hydroxyl groups is 1. The summed E-state index contributed by atoms with van der Waals surface area (Å²) in [5.74, 6) is 0.0491. The number of aryl methyl sites for hydroxylation is 1. The zero-order chi connectivity index (χ0) is 13.4. The maximum atomic E-state index is 11.4. The fourth-order valence-electron chi connectivity index (χ4n) is 2.88. The topological polar surface area (TPSA) is 78.6 Å². The number of nitrogen functional groups attached to an aromatic ring is 1. The predicted octanol–water partition coefficient (Wildman–Crippen LogP) is 1.11. The highest BCUT2D eigenvalue weighted by Gasteiger charge is 2.22. The monoisotopic (exact) mass is 261 g/mol. The van der Waals surface area contributed by atoms with Crippen LogP contribution >= 0.6 is 0 Å². The van der Waals surface area contributed by atoms with E-state index in [1.807, 2.05) is 6.07 Å². The molecule has 1 atom stereocenters. The first-order valence-corrected chi connectivity index (χ1v) is 6.79. The van der Waals surface area contributed by atoms with Gasteiger partial charge in [0.2, 0.25) is 5.91 Å². The van der Waals surface area contributed by atoms with Crippen molar-refractivity contribution < 1.29 is 9.90 Å². The van der Waals surface area contributed by atoms with Crippen LogP contribution in [0.3, 0.4) is 0 Å². The van der Waals surface area contributed by atoms with E-state index in [4.69, 9.17) is 5.73 Å². The van der Waals surface area contributed by atoms with E-state index in [0.717, 1.165) is 42.7 Å². The summed E-state index contributed by atoms with van der Waals surface area (Å²) < 4.78 is 0. The van der Waals surface area contributed by atoms with Crippen LogP contribution in [0.15, 0.2) is 12.1 Å². The van der Waals surface area contributed by atoms with Crippen molar-refractivity contribution in [3.8, 4) is 0 Å². The number of nitrogens with two attached hydrogens (primary N) is 1. The molecule has 102 valence electrons. The number of carbonyl (C=O) groups is 1. The van der Waals surface area contributed by atoms with Crippen molar-refractivity contribution >= 4 is 23.0 Å². The summed E-state index contributed by atoms with van der Waals surface area (Å²) in [6.07, 6.45) is 2.85. The highest BCUT2D eigenvalue weighted by molar-refractivity contribution is 5.95. The number of piperidine rings is 1. The lowest BCUT2D eigenvalue weighted by Crippen LogP contribution is -2.38. The Labute approximate surface area is 112 Å². The molecule has 2 aliphatic heterocycles. The number of rotatable bonds is 1. The number of benzene rings is 1. The number of nitrogens with one attached hydrogen (secondary N) is 1. The summed E-state index contributed by atoms with van der Waals surface area (Å²) in [6, 6.07) is 3.89. The Morgan fingerprint density at radius 2 is 2.21 bits per heavy atom. The molecule has 1 aromatic rings. The fraction of sp³-hybridized carbons (Fsp3) is 0.500. The minimum absolute atomic E-state index is 0.0491. The molecular weight excluding hydrogens is 242 g/mol. The van der Waals surface area contributed by atoms with Gasteiger partial charge in [-0.2, -0.15) is 0 Å². The van der Waals surface area contributed by atoms with Crippen LogP contribution < -0.4 is 16.0 Å². The molecule has 3 rings (SSSR count). The van der Waals surface area contributed by atoms with E-state index < -0.39 is 0 Å². The molecule has 4 N–H and O–H groups in total. The van der Waals surface area contributed by atoms with Crippen LogP contribution in [0.25, 0.3) is 0 Å². The van der Waals surface area contributed by atoms with E-state index in [1.165, 1.54) is 0 Å². The smallest absolute Gasteiger partial charge is 0.224 e. The van der Waals surface area contributed by atoms with E-state index in [9.17, 15) is 9.90 Å². The third-order valence-corrected chi connectivity index (χ3v) is 3.89. The van der Waals surface area contributed by atoms with Gasteiger partial charge in [-0.15, -0.1) is 0 Å². The van der Waals surface area contributed by atoms with Crippen molar-refractivity contribution in [2.45, 2.75) is 31.8 Å². The Balaban J connectivity index is 1.92. The molecule has 1 amide bonds. The number of aliphatic hydroxyl groups excluding tert-OH is 1. The lowest BCUT2D eigenvalue weighted by molar-refractivity contribution is -0.116. The maximum Gasteiger partial charge on any atom is 0.224 e. The quantitative estimate of drug-likeness (QED) is 0.662. The summed E-state index contributed by atoms with van der Waals surface area (Å²) in [5, 5.41) is 12.6. The second-order valence-electron chi connectivity index (χ2n) is 5.36. The normalized spacial score (nSPS) is 22.9. The summed E-state index contributed by atoms with van der Waals surface area (Å²) >= 11 is 0. The molecule has 2 heterocycles. The van der Waals surface area contributed by atoms with E-state index >= 15 is 0 Å². The molecule has 0 aromatic heterocycles. The van der Waals surface area contributed by atoms with E-state index in [2.05, 4.69) is 16.3 Å². The minimum Gasteiger partial charge on any atom is -0.397 e. The van der Waals surface area contributed by atoms with Crippen molar-refractivity contribution in [1.82, 2.24) is 0 Å². The fourth-order valence-corrected chi connectivity index (χ4v) is 2.88. The third kappa shape index (κ3) is 2.38. The van der Waals surface area contributed by atoms with Crippen molar-refractivity contribution in [1.29, 1.82) is 0 Å². The number of amides is 1. The Hall–Kier alpha value is -1.75. The standard InChI is InChI=1S/C14H19N3O2/c15-11-7-12-9(3-4-14(19)16-12)6-13(11)17-5-1-2-10(18)8-17/h6-7,10,18H,1-5,8,15H2,(H,16,19). The molecule has 1 saturated heterocycles. The van der Waals surface area contributed by atoms with E-state index in [-0.39, 0.29) is 12.0 Å². The third-order valence-electron chi connectivity index (χ3n) is 3.89. The number of β-amino-alcohol motifs (C(OH)–C–C–N with tert-alkyl or cyclic N) is 1. The highest BCUT2D eigenvalue weighted by atomic mass is 16.3. The van der Waals surface area contributed by atoms with E-state index in [0.29, 0.717) is 18.7 Å². The molecule has 0 saturated carbocycles. The van der Waals surface area contributed by atoms with Crippen LogP contribution in [0.4, 0.5) is 17.1 Å².